The summed E-state index contributed by atoms with van der Waals surface area (Å²) in [5.74, 6) is -7.02. The minimum atomic E-state index is -1.41. The molecule has 0 saturated carbocycles. The molecular formula is C27H45N9O12. The van der Waals surface area contributed by atoms with Crippen molar-refractivity contribution in [2.75, 3.05) is 39.3 Å². The van der Waals surface area contributed by atoms with Crippen LogP contribution in [0.1, 0.15) is 59.3 Å². The van der Waals surface area contributed by atoms with E-state index in [1.165, 1.54) is 0 Å². The molecule has 1 rings (SSSR count). The van der Waals surface area contributed by atoms with Gasteiger partial charge in [-0.15, -0.1) is 0 Å². The van der Waals surface area contributed by atoms with Crippen LogP contribution in [-0.2, 0) is 43.2 Å². The van der Waals surface area contributed by atoms with Crippen LogP contribution in [-0.4, -0.2) is 141 Å². The Morgan fingerprint density at radius 1 is 0.521 bits per heavy atom. The first-order valence-electron chi connectivity index (χ1n) is 15.1. The molecule has 0 unspecified atom stereocenters. The largest absolute Gasteiger partial charge is 0.346 e. The summed E-state index contributed by atoms with van der Waals surface area (Å²) in [5.41, 5.74) is 0. The highest BCUT2D eigenvalue weighted by Crippen LogP contribution is 2.07. The molecule has 0 radical (unpaired) electrons. The maximum Gasteiger partial charge on any atom is 0.243 e. The topological polar surface area (TPSA) is 296 Å². The molecule has 1 fully saturated rings. The highest BCUT2D eigenvalue weighted by Gasteiger charge is 2.30. The number of carbonyl (C=O) groups is 9. The molecule has 1 aliphatic rings. The predicted octanol–water partition coefficient (Wildman–Crippen LogP) is -4.14. The number of nitrogens with one attached hydrogen (secondary N) is 6. The lowest BCUT2D eigenvalue weighted by molar-refractivity contribution is -0.163. The number of carbonyl (C=O) groups excluding carboxylic acids is 9. The summed E-state index contributed by atoms with van der Waals surface area (Å²) in [4.78, 5) is 111. The Balaban J connectivity index is 3.36. The monoisotopic (exact) mass is 687 g/mol. The first kappa shape index (κ1) is 41.1. The minimum Gasteiger partial charge on any atom is -0.346 e. The van der Waals surface area contributed by atoms with Gasteiger partial charge in [0.2, 0.25) is 53.2 Å². The fourth-order valence-electron chi connectivity index (χ4n) is 4.18. The zero-order chi connectivity index (χ0) is 36.4. The van der Waals surface area contributed by atoms with Crippen LogP contribution in [0.3, 0.4) is 0 Å². The van der Waals surface area contributed by atoms with Crippen LogP contribution in [0.15, 0.2) is 0 Å². The quantitative estimate of drug-likeness (QED) is 0.0698. The Labute approximate surface area is 275 Å². The molecule has 0 aromatic rings. The standard InChI is InChI=1S/C27H45N9O12/c1-16(37)34(46)10-4-7-19-25(43)30-14-23(41)28-13-22(40)29-15-24(42)31-20(8-5-11-35(47)17(2)38)26(44)33-21(27(45)32-19)9-6-12-36(48)18(3)39/h19-21,46-48H,4-15H2,1-3H3,(H,28,41)(H,29,40)(H,30,43)(H,31,42)(H,32,45)(H,33,44)/t19-,20+,21+/m0/s1. The van der Waals surface area contributed by atoms with Gasteiger partial charge in [0.1, 0.15) is 18.1 Å². The van der Waals surface area contributed by atoms with Gasteiger partial charge in [0.05, 0.1) is 19.6 Å². The van der Waals surface area contributed by atoms with Gasteiger partial charge in [0.15, 0.2) is 0 Å². The highest BCUT2D eigenvalue weighted by atomic mass is 16.5. The van der Waals surface area contributed by atoms with E-state index < -0.39 is 90.9 Å². The van der Waals surface area contributed by atoms with Gasteiger partial charge in [-0.05, 0) is 38.5 Å². The van der Waals surface area contributed by atoms with E-state index in [4.69, 9.17) is 0 Å². The number of amides is 9. The van der Waals surface area contributed by atoms with Gasteiger partial charge in [-0.1, -0.05) is 0 Å². The van der Waals surface area contributed by atoms with E-state index in [-0.39, 0.29) is 58.2 Å². The zero-order valence-corrected chi connectivity index (χ0v) is 27.1. The average molecular weight is 688 g/mol. The molecule has 21 heteroatoms. The molecule has 0 aliphatic carbocycles. The Hall–Kier alpha value is -4.89. The lowest BCUT2D eigenvalue weighted by atomic mass is 10.1. The molecule has 48 heavy (non-hydrogen) atoms. The summed E-state index contributed by atoms with van der Waals surface area (Å²) < 4.78 is 0. The van der Waals surface area contributed by atoms with Crippen molar-refractivity contribution in [2.45, 2.75) is 77.4 Å². The third-order valence-electron chi connectivity index (χ3n) is 6.91. The van der Waals surface area contributed by atoms with Crippen molar-refractivity contribution in [3.05, 3.63) is 0 Å². The van der Waals surface area contributed by atoms with E-state index in [1.54, 1.807) is 0 Å². The molecule has 270 valence electrons. The van der Waals surface area contributed by atoms with Crippen LogP contribution >= 0.6 is 0 Å². The van der Waals surface area contributed by atoms with E-state index in [0.29, 0.717) is 15.2 Å². The van der Waals surface area contributed by atoms with E-state index in [9.17, 15) is 58.8 Å². The number of nitrogens with zero attached hydrogens (tertiary/aromatic N) is 3. The second-order valence-corrected chi connectivity index (χ2v) is 10.9. The van der Waals surface area contributed by atoms with Gasteiger partial charge in [-0.2, -0.15) is 0 Å². The number of hydroxylamine groups is 6. The van der Waals surface area contributed by atoms with Crippen molar-refractivity contribution in [3.63, 3.8) is 0 Å². The molecule has 0 aromatic carbocycles. The van der Waals surface area contributed by atoms with Crippen LogP contribution in [0.25, 0.3) is 0 Å². The predicted molar refractivity (Wildman–Crippen MR) is 160 cm³/mol. The third kappa shape index (κ3) is 16.1. The van der Waals surface area contributed by atoms with E-state index >= 15 is 0 Å². The second-order valence-electron chi connectivity index (χ2n) is 10.9. The molecule has 21 nitrogen and oxygen atoms in total. The Kier molecular flexibility index (Phi) is 18.1. The van der Waals surface area contributed by atoms with Crippen molar-refractivity contribution in [2.24, 2.45) is 0 Å². The van der Waals surface area contributed by atoms with Crippen LogP contribution in [0, 0.1) is 0 Å². The molecule has 0 spiro atoms. The normalized spacial score (nSPS) is 20.0. The van der Waals surface area contributed by atoms with Crippen molar-refractivity contribution in [3.8, 4) is 0 Å². The maximum absolute atomic E-state index is 13.5. The van der Waals surface area contributed by atoms with Gasteiger partial charge in [0.25, 0.3) is 0 Å². The molecule has 1 heterocycles. The van der Waals surface area contributed by atoms with Gasteiger partial charge < -0.3 is 31.9 Å². The van der Waals surface area contributed by atoms with Crippen LogP contribution in [0.2, 0.25) is 0 Å². The second kappa shape index (κ2) is 21.1. The summed E-state index contributed by atoms with van der Waals surface area (Å²) in [6.45, 7) is 0.894. The van der Waals surface area contributed by atoms with Crippen LogP contribution in [0.4, 0.5) is 0 Å². The maximum atomic E-state index is 13.5. The summed E-state index contributed by atoms with van der Waals surface area (Å²) in [5, 5.41) is 44.5. The van der Waals surface area contributed by atoms with Crippen molar-refractivity contribution >= 4 is 53.2 Å². The molecule has 0 aromatic heterocycles. The lowest BCUT2D eigenvalue weighted by Gasteiger charge is -2.26. The number of hydrogen-bond acceptors (Lipinski definition) is 12. The first-order chi connectivity index (χ1) is 22.5. The molecule has 9 N–H and O–H groups in total. The molecular weight excluding hydrogens is 642 g/mol. The zero-order valence-electron chi connectivity index (χ0n) is 27.1. The van der Waals surface area contributed by atoms with E-state index in [1.807, 2.05) is 0 Å². The summed E-state index contributed by atoms with van der Waals surface area (Å²) in [6, 6.07) is -4.11. The van der Waals surface area contributed by atoms with Gasteiger partial charge >= 0.3 is 0 Å². The summed E-state index contributed by atoms with van der Waals surface area (Å²) >= 11 is 0. The van der Waals surface area contributed by atoms with Gasteiger partial charge in [-0.25, -0.2) is 15.2 Å². The molecule has 1 saturated heterocycles. The van der Waals surface area contributed by atoms with Gasteiger partial charge in [-0.3, -0.25) is 58.8 Å². The molecule has 9 amide bonds. The van der Waals surface area contributed by atoms with E-state index in [0.717, 1.165) is 20.8 Å². The lowest BCUT2D eigenvalue weighted by Crippen LogP contribution is -2.58. The molecule has 1 aliphatic heterocycles. The van der Waals surface area contributed by atoms with E-state index in [2.05, 4.69) is 31.9 Å². The minimum absolute atomic E-state index is 0.00612. The highest BCUT2D eigenvalue weighted by molar-refractivity contribution is 5.96. The first-order valence-corrected chi connectivity index (χ1v) is 15.1. The van der Waals surface area contributed by atoms with Crippen LogP contribution < -0.4 is 31.9 Å². The molecule has 3 atom stereocenters. The van der Waals surface area contributed by atoms with Gasteiger partial charge in [0, 0.05) is 40.4 Å². The Morgan fingerprint density at radius 3 is 1.21 bits per heavy atom. The summed E-state index contributed by atoms with van der Waals surface area (Å²) in [6.07, 6.45) is -0.483. The number of hydrogen-bond donors (Lipinski definition) is 9. The fraction of sp³-hybridized carbons (Fsp3) is 0.667. The molecule has 0 bridgehead atoms. The Morgan fingerprint density at radius 2 is 0.833 bits per heavy atom. The third-order valence-corrected chi connectivity index (χ3v) is 6.91. The van der Waals surface area contributed by atoms with Crippen molar-refractivity contribution in [1.82, 2.24) is 47.1 Å². The van der Waals surface area contributed by atoms with Crippen LogP contribution in [0.5, 0.6) is 0 Å². The smallest absolute Gasteiger partial charge is 0.243 e. The SMILES string of the molecule is CC(=O)N(O)CCC[C@@H]1NC(=O)[C@@H](CCCN(O)C(C)=O)NC(=O)[C@@H](CCCN(O)C(C)=O)NC(=O)CNC(=O)CNC(=O)CNC1=O. The van der Waals surface area contributed by atoms with Crippen molar-refractivity contribution in [1.29, 1.82) is 0 Å². The number of rotatable bonds is 12. The Bertz CT molecular complexity index is 1180. The summed E-state index contributed by atoms with van der Waals surface area (Å²) in [7, 11) is 0. The van der Waals surface area contributed by atoms with Crippen molar-refractivity contribution < 1.29 is 58.8 Å². The average Bonchev–Trinajstić information content (AvgIpc) is 3.02. The fourth-order valence-corrected chi connectivity index (χ4v) is 4.18.